The average molecular weight is 1790 g/mol. The van der Waals surface area contributed by atoms with Crippen molar-refractivity contribution in [1.82, 2.24) is 50.5 Å². The molecule has 2 fully saturated rings. The number of nitrogens with zero attached hydrogens (tertiary/aromatic N) is 7. The standard InChI is InChI=1S/C86H118N10O29S/c1-15-52(6)73(68(115-12)45-70(100)96-32-19-22-64(96)77(116-13)54(8)78(104)88-63(83(109)110)40-55-20-17-16-18-21-55)93(10)82(108)71(50(2)3)89-80(106)72(51(4)5)94(11)86(112)121-48-56-24-27-62(28-25-56)124-126(113,114)125-67-44-57(26-30-66(67)122-85-76(103)75(102)74(101)69(47-97)123-85)81(107)92(9)33-36-119-37-34-95-46-61(90-91-95)49-120-39-38-118-35-31-87-79(105)59-41-58(65(99)29-23-53(7)98)42-60(43-59)84(111)117-14/h16-18,20-21,23-30,41-44,46,50-52,54,63-64,68-69,71-77,85,97,101-103H,15,19,22,31-40,45,47-49H2,1-14H3,(H,87,105)(H,88,104)(H,89,106)(H,109,110)/b29-23+/t52?,54-,63?,64+,68?,69-,71+,72+,73+,74+,75+,76-,77-,85?/m1/s1. The molecule has 0 radical (unpaired) electrons. The van der Waals surface area contributed by atoms with Crippen LogP contribution in [0.25, 0.3) is 0 Å². The number of carbonyl (C=O) groups excluding carboxylic acids is 10. The van der Waals surface area contributed by atoms with Gasteiger partial charge in [0.25, 0.3) is 11.8 Å². The average Bonchev–Trinajstić information content (AvgIpc) is 1.27. The van der Waals surface area contributed by atoms with Crippen molar-refractivity contribution in [2.45, 2.75) is 180 Å². The van der Waals surface area contributed by atoms with E-state index in [9.17, 15) is 86.7 Å². The first kappa shape index (κ1) is 102. The fourth-order valence-corrected chi connectivity index (χ4v) is 15.1. The van der Waals surface area contributed by atoms with Gasteiger partial charge in [-0.3, -0.25) is 43.3 Å². The minimum absolute atomic E-state index is 0.00281. The van der Waals surface area contributed by atoms with Crippen molar-refractivity contribution in [2.24, 2.45) is 23.7 Å². The molecule has 4 aromatic carbocycles. The Morgan fingerprint density at radius 3 is 2.03 bits per heavy atom. The van der Waals surface area contributed by atoms with E-state index >= 15 is 0 Å². The number of nitrogens with one attached hydrogen (secondary N) is 3. The van der Waals surface area contributed by atoms with Crippen molar-refractivity contribution in [1.29, 1.82) is 0 Å². The van der Waals surface area contributed by atoms with Crippen LogP contribution in [0.2, 0.25) is 0 Å². The summed E-state index contributed by atoms with van der Waals surface area (Å²) in [7, 11) is 3.23. The van der Waals surface area contributed by atoms with Gasteiger partial charge in [0.2, 0.25) is 29.9 Å². The van der Waals surface area contributed by atoms with Gasteiger partial charge in [-0.05, 0) is 109 Å². The third kappa shape index (κ3) is 29.3. The van der Waals surface area contributed by atoms with E-state index in [2.05, 4.69) is 26.3 Å². The van der Waals surface area contributed by atoms with E-state index in [-0.39, 0.29) is 118 Å². The van der Waals surface area contributed by atoms with Gasteiger partial charge in [-0.25, -0.2) is 19.1 Å². The number of aliphatic hydroxyl groups excluding tert-OH is 4. The Morgan fingerprint density at radius 1 is 0.706 bits per heavy atom. The van der Waals surface area contributed by atoms with Crippen LogP contribution in [0.15, 0.2) is 109 Å². The Labute approximate surface area is 731 Å². The molecule has 692 valence electrons. The minimum atomic E-state index is -5.19. The molecule has 2 aliphatic heterocycles. The van der Waals surface area contributed by atoms with Gasteiger partial charge >= 0.3 is 28.4 Å². The van der Waals surface area contributed by atoms with Crippen molar-refractivity contribution in [3.63, 3.8) is 0 Å². The number of likely N-dealkylation sites (tertiary alicyclic amines) is 1. The van der Waals surface area contributed by atoms with Crippen LogP contribution in [0.3, 0.4) is 0 Å². The number of ketones is 2. The van der Waals surface area contributed by atoms with Gasteiger partial charge in [0.1, 0.15) is 60.6 Å². The van der Waals surface area contributed by atoms with Crippen molar-refractivity contribution >= 4 is 75.4 Å². The van der Waals surface area contributed by atoms with Crippen molar-refractivity contribution in [3.05, 3.63) is 148 Å². The summed E-state index contributed by atoms with van der Waals surface area (Å²) in [5.74, 6) is -9.87. The number of hydrogen-bond acceptors (Lipinski definition) is 30. The first-order chi connectivity index (χ1) is 59.8. The lowest BCUT2D eigenvalue weighted by Crippen LogP contribution is -2.60. The topological polar surface area (TPSA) is 504 Å². The third-order valence-corrected chi connectivity index (χ3v) is 22.2. The molecule has 40 heteroatoms. The summed E-state index contributed by atoms with van der Waals surface area (Å²) in [5, 5.41) is 68.1. The fraction of sp³-hybridized carbons (Fsp3) is 0.547. The van der Waals surface area contributed by atoms with E-state index in [0.717, 1.165) is 41.9 Å². The predicted molar refractivity (Wildman–Crippen MR) is 449 cm³/mol. The van der Waals surface area contributed by atoms with E-state index in [1.54, 1.807) is 83.1 Å². The van der Waals surface area contributed by atoms with Gasteiger partial charge in [-0.1, -0.05) is 103 Å². The molecule has 39 nitrogen and oxygen atoms in total. The van der Waals surface area contributed by atoms with E-state index in [1.807, 2.05) is 13.8 Å². The summed E-state index contributed by atoms with van der Waals surface area (Å²) >= 11 is 0. The van der Waals surface area contributed by atoms with Crippen LogP contribution in [-0.4, -0.2) is 308 Å². The molecule has 7 rings (SSSR count). The Balaban J connectivity index is 0.899. The highest BCUT2D eigenvalue weighted by Crippen LogP contribution is 2.36. The summed E-state index contributed by atoms with van der Waals surface area (Å²) in [6.07, 6.45) is -6.26. The number of aliphatic carboxylic acids is 1. The zero-order chi connectivity index (χ0) is 92.8. The van der Waals surface area contributed by atoms with Crippen LogP contribution < -0.4 is 29.1 Å². The van der Waals surface area contributed by atoms with Gasteiger partial charge in [0, 0.05) is 78.1 Å². The Morgan fingerprint density at radius 2 is 1.39 bits per heavy atom. The molecular formula is C86H118N10O29S. The van der Waals surface area contributed by atoms with Crippen molar-refractivity contribution < 1.29 is 138 Å². The number of amides is 7. The maximum absolute atomic E-state index is 14.9. The summed E-state index contributed by atoms with van der Waals surface area (Å²) in [6.45, 7) is 13.7. The summed E-state index contributed by atoms with van der Waals surface area (Å²) in [5.41, 5.74) is 1.36. The lowest BCUT2D eigenvalue weighted by Gasteiger charge is -2.41. The second kappa shape index (κ2) is 49.3. The normalized spacial score (nSPS) is 18.4. The number of benzene rings is 4. The second-order valence-corrected chi connectivity index (χ2v) is 32.4. The number of hydrogen-bond donors (Lipinski definition) is 8. The van der Waals surface area contributed by atoms with Crippen LogP contribution >= 0.6 is 0 Å². The summed E-state index contributed by atoms with van der Waals surface area (Å²) < 4.78 is 90.5. The number of carboxylic acids is 1. The van der Waals surface area contributed by atoms with Crippen LogP contribution in [0.1, 0.15) is 139 Å². The molecule has 0 bridgehead atoms. The van der Waals surface area contributed by atoms with Crippen LogP contribution in [0, 0.1) is 23.7 Å². The minimum Gasteiger partial charge on any atom is -0.480 e. The molecule has 126 heavy (non-hydrogen) atoms. The third-order valence-electron chi connectivity index (χ3n) is 21.4. The first-order valence-electron chi connectivity index (χ1n) is 41.2. The van der Waals surface area contributed by atoms with E-state index in [4.69, 9.17) is 51.0 Å². The highest BCUT2D eigenvalue weighted by atomic mass is 32.3. The van der Waals surface area contributed by atoms with E-state index < -0.39 is 179 Å². The molecule has 2 saturated heterocycles. The number of carbonyl (C=O) groups is 11. The summed E-state index contributed by atoms with van der Waals surface area (Å²) in [6, 6.07) is 16.4. The molecule has 7 amide bonds. The van der Waals surface area contributed by atoms with Crippen molar-refractivity contribution in [2.75, 3.05) is 102 Å². The largest absolute Gasteiger partial charge is 0.501 e. The zero-order valence-electron chi connectivity index (χ0n) is 73.2. The second-order valence-electron chi connectivity index (χ2n) is 31.3. The molecule has 1 aromatic heterocycles. The maximum Gasteiger partial charge on any atom is 0.501 e. The number of likely N-dealkylation sites (N-methyl/N-ethyl adjacent to an activating group) is 3. The zero-order valence-corrected chi connectivity index (χ0v) is 74.0. The van der Waals surface area contributed by atoms with Crippen LogP contribution in [0.4, 0.5) is 4.79 Å². The Bertz CT molecular complexity index is 4630. The number of carboxylic acid groups (broad SMARTS) is 1. The number of esters is 1. The molecule has 0 saturated carbocycles. The molecule has 14 atom stereocenters. The quantitative estimate of drug-likeness (QED) is 0.0119. The number of aromatic nitrogens is 3. The summed E-state index contributed by atoms with van der Waals surface area (Å²) in [4.78, 5) is 153. The van der Waals surface area contributed by atoms with Gasteiger partial charge in [-0.15, -0.1) is 13.5 Å². The lowest BCUT2D eigenvalue weighted by molar-refractivity contribution is -0.277. The molecule has 4 unspecified atom stereocenters. The van der Waals surface area contributed by atoms with Gasteiger partial charge in [0.05, 0.1) is 108 Å². The van der Waals surface area contributed by atoms with Gasteiger partial charge in [-0.2, -0.15) is 0 Å². The molecule has 8 N–H and O–H groups in total. The molecule has 3 heterocycles. The monoisotopic (exact) mass is 1790 g/mol. The molecule has 0 spiro atoms. The molecule has 2 aliphatic rings. The number of aliphatic hydroxyl groups is 4. The van der Waals surface area contributed by atoms with Crippen LogP contribution in [-0.2, 0) is 103 Å². The number of methoxy groups -OCH3 is 3. The Hall–Kier alpha value is -10.9. The highest BCUT2D eigenvalue weighted by Gasteiger charge is 2.47. The number of allylic oxidation sites excluding steroid dienone is 2. The van der Waals surface area contributed by atoms with E-state index in [1.165, 1.54) is 98.3 Å². The van der Waals surface area contributed by atoms with Gasteiger partial charge < -0.3 is 107 Å². The Kier molecular flexibility index (Phi) is 39.9. The molecule has 0 aliphatic carbocycles. The predicted octanol–water partition coefficient (Wildman–Crippen LogP) is 3.49. The maximum atomic E-state index is 14.9. The first-order valence-corrected chi connectivity index (χ1v) is 42.5. The molecular weight excluding hydrogens is 1670 g/mol. The highest BCUT2D eigenvalue weighted by molar-refractivity contribution is 7.82. The smallest absolute Gasteiger partial charge is 0.480 e. The van der Waals surface area contributed by atoms with Gasteiger partial charge in [0.15, 0.2) is 23.1 Å². The SMILES string of the molecule is CCC(C)[C@@H](C(CC(=O)N1CCC[C@H]1[C@H](OC)[C@@H](C)C(=O)NC(Cc1ccccc1)C(=O)O)OC)N(C)C(=O)[C@@H](NC(=O)[C@H](C(C)C)N(C)C(=O)OCc1ccc(OS(=O)(=O)Oc2cc(C(=O)N(C)CCOCCn3cc(COCCOCCNC(=O)c4cc(C(=O)/C=C/C(C)=O)cc(C(=O)OC)c4)nn3)ccc2OC2O[C@H](CO)[C@H](O)[C@H](O)[C@H]2O)cc1)C(C)C. The van der Waals surface area contributed by atoms with Crippen LogP contribution in [0.5, 0.6) is 17.2 Å². The van der Waals surface area contributed by atoms with E-state index in [0.29, 0.717) is 37.1 Å². The van der Waals surface area contributed by atoms with Crippen molar-refractivity contribution in [3.8, 4) is 17.2 Å². The number of ether oxygens (including phenoxy) is 9. The lowest BCUT2D eigenvalue weighted by atomic mass is 9.89. The fourth-order valence-electron chi connectivity index (χ4n) is 14.4. The number of rotatable bonds is 50. The molecule has 5 aromatic rings.